The molecule has 0 atom stereocenters. The second-order valence-corrected chi connectivity index (χ2v) is 10.6. The molecule has 2 bridgehead atoms. The molecule has 39 heavy (non-hydrogen) atoms. The highest BCUT2D eigenvalue weighted by Gasteiger charge is 2.60. The summed E-state index contributed by atoms with van der Waals surface area (Å²) in [5.74, 6) is -0.200. The molecule has 2 aliphatic carbocycles. The van der Waals surface area contributed by atoms with Gasteiger partial charge in [0.25, 0.3) is 5.91 Å². The number of methoxy groups -OCH3 is 1. The number of carbonyl (C=O) groups excluding carboxylic acids is 1. The van der Waals surface area contributed by atoms with E-state index in [4.69, 9.17) is 15.5 Å². The van der Waals surface area contributed by atoms with Crippen LogP contribution in [0, 0.1) is 11.2 Å². The first-order valence-electron chi connectivity index (χ1n) is 12.8. The van der Waals surface area contributed by atoms with E-state index >= 15 is 0 Å². The van der Waals surface area contributed by atoms with Gasteiger partial charge in [-0.05, 0) is 55.9 Å². The predicted molar refractivity (Wildman–Crippen MR) is 142 cm³/mol. The first-order chi connectivity index (χ1) is 18.7. The van der Waals surface area contributed by atoms with Crippen LogP contribution in [0.1, 0.15) is 53.8 Å². The molecule has 2 heterocycles. The van der Waals surface area contributed by atoms with Crippen molar-refractivity contribution in [3.63, 3.8) is 0 Å². The largest absolute Gasteiger partial charge is 0.496 e. The monoisotopic (exact) mass is 529 g/mol. The van der Waals surface area contributed by atoms with Gasteiger partial charge in [-0.3, -0.25) is 14.0 Å². The molecule has 4 aromatic rings. The Labute approximate surface area is 223 Å². The van der Waals surface area contributed by atoms with Gasteiger partial charge in [-0.1, -0.05) is 24.3 Å². The van der Waals surface area contributed by atoms with E-state index in [2.05, 4.69) is 10.3 Å². The van der Waals surface area contributed by atoms with E-state index in [-0.39, 0.29) is 17.5 Å². The number of nitrogen functional groups attached to an aromatic ring is 1. The van der Waals surface area contributed by atoms with Crippen LogP contribution < -0.4 is 15.8 Å². The molecule has 6 rings (SSSR count). The number of carboxylic acids is 1. The van der Waals surface area contributed by atoms with Gasteiger partial charge < -0.3 is 20.9 Å². The second-order valence-electron chi connectivity index (χ2n) is 10.6. The lowest BCUT2D eigenvalue weighted by molar-refractivity contribution is -0.148. The van der Waals surface area contributed by atoms with Crippen molar-refractivity contribution in [2.24, 2.45) is 5.41 Å². The molecule has 200 valence electrons. The molecule has 10 heteroatoms. The summed E-state index contributed by atoms with van der Waals surface area (Å²) in [7, 11) is 1.43. The van der Waals surface area contributed by atoms with E-state index in [1.807, 2.05) is 34.9 Å². The van der Waals surface area contributed by atoms with Crippen LogP contribution in [0.15, 0.2) is 54.9 Å². The number of benzene rings is 2. The SMILES string of the molecule is COc1ccc(F)cc1C(=O)NCc1ccc(-c2nc(C34CCC(C(=O)O)(CC3)C4)n3ccnc(N)c23)cc1. The van der Waals surface area contributed by atoms with Gasteiger partial charge in [-0.25, -0.2) is 14.4 Å². The highest BCUT2D eigenvalue weighted by molar-refractivity contribution is 5.97. The van der Waals surface area contributed by atoms with Crippen molar-refractivity contribution in [1.29, 1.82) is 0 Å². The molecule has 9 nitrogen and oxygen atoms in total. The van der Waals surface area contributed by atoms with Gasteiger partial charge in [0.05, 0.1) is 18.1 Å². The first kappa shape index (κ1) is 24.8. The maximum Gasteiger partial charge on any atom is 0.309 e. The van der Waals surface area contributed by atoms with E-state index in [0.29, 0.717) is 42.0 Å². The summed E-state index contributed by atoms with van der Waals surface area (Å²) in [4.78, 5) is 34.0. The van der Waals surface area contributed by atoms with Gasteiger partial charge in [0.2, 0.25) is 0 Å². The summed E-state index contributed by atoms with van der Waals surface area (Å²) in [6.07, 6.45) is 6.90. The first-order valence-corrected chi connectivity index (χ1v) is 12.8. The molecule has 0 radical (unpaired) electrons. The lowest BCUT2D eigenvalue weighted by Gasteiger charge is -2.25. The van der Waals surface area contributed by atoms with Crippen LogP contribution in [0.25, 0.3) is 16.8 Å². The van der Waals surface area contributed by atoms with Crippen molar-refractivity contribution in [3.05, 3.63) is 77.6 Å². The van der Waals surface area contributed by atoms with Gasteiger partial charge >= 0.3 is 5.97 Å². The number of amides is 1. The third kappa shape index (κ3) is 3.98. The average Bonchev–Trinajstić information content (AvgIpc) is 3.64. The van der Waals surface area contributed by atoms with Crippen LogP contribution in [0.4, 0.5) is 10.2 Å². The van der Waals surface area contributed by atoms with Crippen LogP contribution in [0.5, 0.6) is 5.75 Å². The number of nitrogens with zero attached hydrogens (tertiary/aromatic N) is 3. The number of nitrogens with one attached hydrogen (secondary N) is 1. The zero-order valence-electron chi connectivity index (χ0n) is 21.4. The molecule has 0 aliphatic heterocycles. The number of fused-ring (bicyclic) bond motifs is 3. The Morgan fingerprint density at radius 3 is 2.56 bits per heavy atom. The Hall–Kier alpha value is -4.47. The molecule has 2 aromatic carbocycles. The fourth-order valence-corrected chi connectivity index (χ4v) is 6.36. The molecule has 1 amide bonds. The minimum absolute atomic E-state index is 0.124. The van der Waals surface area contributed by atoms with Crippen LogP contribution in [-0.4, -0.2) is 38.5 Å². The molecule has 4 N–H and O–H groups in total. The summed E-state index contributed by atoms with van der Waals surface area (Å²) >= 11 is 0. The Balaban J connectivity index is 1.28. The number of hydrogen-bond donors (Lipinski definition) is 3. The van der Waals surface area contributed by atoms with Crippen molar-refractivity contribution in [2.45, 2.75) is 44.1 Å². The molecule has 2 aliphatic rings. The number of imidazole rings is 1. The van der Waals surface area contributed by atoms with E-state index in [1.165, 1.54) is 19.2 Å². The summed E-state index contributed by atoms with van der Waals surface area (Å²) < 4.78 is 20.8. The Bertz CT molecular complexity index is 1610. The molecule has 2 aromatic heterocycles. The summed E-state index contributed by atoms with van der Waals surface area (Å²) in [5.41, 5.74) is 8.52. The zero-order chi connectivity index (χ0) is 27.4. The van der Waals surface area contributed by atoms with Gasteiger partial charge in [0.1, 0.15) is 34.4 Å². The summed E-state index contributed by atoms with van der Waals surface area (Å²) in [6.45, 7) is 0.234. The van der Waals surface area contributed by atoms with Crippen molar-refractivity contribution in [3.8, 4) is 17.0 Å². The quantitative estimate of drug-likeness (QED) is 0.324. The number of rotatable bonds is 7. The number of carbonyl (C=O) groups is 2. The van der Waals surface area contributed by atoms with Gasteiger partial charge in [-0.2, -0.15) is 0 Å². The highest BCUT2D eigenvalue weighted by Crippen LogP contribution is 2.62. The lowest BCUT2D eigenvalue weighted by Crippen LogP contribution is -2.25. The van der Waals surface area contributed by atoms with Crippen molar-refractivity contribution in [1.82, 2.24) is 19.7 Å². The average molecular weight is 530 g/mol. The van der Waals surface area contributed by atoms with Crippen molar-refractivity contribution >= 4 is 23.2 Å². The highest BCUT2D eigenvalue weighted by atomic mass is 19.1. The predicted octanol–water partition coefficient (Wildman–Crippen LogP) is 4.34. The minimum Gasteiger partial charge on any atom is -0.496 e. The number of hydrogen-bond acceptors (Lipinski definition) is 6. The smallest absolute Gasteiger partial charge is 0.309 e. The minimum atomic E-state index is -0.720. The number of aliphatic carboxylic acids is 1. The second kappa shape index (κ2) is 9.07. The number of carboxylic acid groups (broad SMARTS) is 1. The Kier molecular flexibility index (Phi) is 5.78. The molecule has 0 spiro atoms. The fraction of sp³-hybridized carbons (Fsp3) is 0.310. The van der Waals surface area contributed by atoms with E-state index in [0.717, 1.165) is 35.9 Å². The maximum atomic E-state index is 13.7. The normalized spacial score (nSPS) is 21.8. The van der Waals surface area contributed by atoms with E-state index in [9.17, 15) is 19.1 Å². The molecule has 0 saturated heterocycles. The molecular formula is C29H28FN5O4. The topological polar surface area (TPSA) is 132 Å². The number of nitrogens with two attached hydrogens (primary N) is 1. The zero-order valence-corrected chi connectivity index (χ0v) is 21.4. The van der Waals surface area contributed by atoms with Gasteiger partial charge in [0.15, 0.2) is 0 Å². The van der Waals surface area contributed by atoms with Gasteiger partial charge in [-0.15, -0.1) is 0 Å². The van der Waals surface area contributed by atoms with E-state index in [1.54, 1.807) is 6.20 Å². The fourth-order valence-electron chi connectivity index (χ4n) is 6.36. The van der Waals surface area contributed by atoms with Crippen molar-refractivity contribution < 1.29 is 23.8 Å². The molecule has 0 unspecified atom stereocenters. The van der Waals surface area contributed by atoms with Crippen LogP contribution >= 0.6 is 0 Å². The lowest BCUT2D eigenvalue weighted by atomic mass is 9.81. The van der Waals surface area contributed by atoms with Crippen LogP contribution in [0.2, 0.25) is 0 Å². The Morgan fingerprint density at radius 2 is 1.90 bits per heavy atom. The molecular weight excluding hydrogens is 501 g/mol. The third-order valence-corrected chi connectivity index (χ3v) is 8.44. The number of ether oxygens (including phenoxy) is 1. The maximum absolute atomic E-state index is 13.7. The number of anilines is 1. The Morgan fingerprint density at radius 1 is 1.15 bits per heavy atom. The summed E-state index contributed by atoms with van der Waals surface area (Å²) in [6, 6.07) is 11.4. The number of aromatic nitrogens is 3. The van der Waals surface area contributed by atoms with E-state index < -0.39 is 23.1 Å². The standard InChI is InChI=1S/C29H28FN5O4/c1-39-21-7-6-19(30)14-20(21)25(36)33-15-17-2-4-18(5-3-17)22-23-24(31)32-12-13-35(23)26(34-22)28-8-10-29(16-28,11-9-28)27(37)38/h2-7,12-14H,8-11,15-16H2,1H3,(H2,31,32)(H,33,36)(H,37,38). The van der Waals surface area contributed by atoms with Crippen LogP contribution in [-0.2, 0) is 16.8 Å². The summed E-state index contributed by atoms with van der Waals surface area (Å²) in [5, 5.41) is 12.7. The molecule has 2 fully saturated rings. The number of halogens is 1. The third-order valence-electron chi connectivity index (χ3n) is 8.44. The van der Waals surface area contributed by atoms with Crippen molar-refractivity contribution in [2.75, 3.05) is 12.8 Å². The van der Waals surface area contributed by atoms with Gasteiger partial charge in [0, 0.05) is 29.9 Å². The van der Waals surface area contributed by atoms with Crippen LogP contribution in [0.3, 0.4) is 0 Å². The molecule has 2 saturated carbocycles.